The first kappa shape index (κ1) is 22.1. The summed E-state index contributed by atoms with van der Waals surface area (Å²) in [6.45, 7) is 2.08. The molecule has 2 aliphatic rings. The Bertz CT molecular complexity index is 1170. The second-order valence-electron chi connectivity index (χ2n) is 8.27. The highest BCUT2D eigenvalue weighted by Gasteiger charge is 2.56. The molecule has 3 aromatic rings. The highest BCUT2D eigenvalue weighted by molar-refractivity contribution is 6.01. The van der Waals surface area contributed by atoms with Crippen molar-refractivity contribution in [2.24, 2.45) is 5.92 Å². The number of pyridine rings is 1. The predicted octanol–water partition coefficient (Wildman–Crippen LogP) is 3.19. The molecule has 4 atom stereocenters. The van der Waals surface area contributed by atoms with Crippen molar-refractivity contribution in [3.8, 4) is 5.75 Å². The van der Waals surface area contributed by atoms with Crippen LogP contribution in [0.5, 0.6) is 5.75 Å². The van der Waals surface area contributed by atoms with Crippen molar-refractivity contribution >= 4 is 17.6 Å². The van der Waals surface area contributed by atoms with Gasteiger partial charge in [-0.05, 0) is 61.0 Å². The van der Waals surface area contributed by atoms with Gasteiger partial charge in [-0.15, -0.1) is 0 Å². The summed E-state index contributed by atoms with van der Waals surface area (Å²) in [5.74, 6) is 0.234. The molecule has 0 radical (unpaired) electrons. The van der Waals surface area contributed by atoms with Crippen molar-refractivity contribution in [1.82, 2.24) is 15.8 Å². The maximum absolute atomic E-state index is 13.7. The Morgan fingerprint density at radius 1 is 1.00 bits per heavy atom. The number of nitrogens with zero attached hydrogens (tertiary/aromatic N) is 2. The van der Waals surface area contributed by atoms with Crippen LogP contribution in [0.25, 0.3) is 0 Å². The first-order chi connectivity index (χ1) is 16.6. The minimum Gasteiger partial charge on any atom is -0.497 e. The van der Waals surface area contributed by atoms with Crippen LogP contribution in [-0.4, -0.2) is 36.6 Å². The van der Waals surface area contributed by atoms with Gasteiger partial charge < -0.3 is 14.4 Å². The molecule has 8 heteroatoms. The number of carbonyl (C=O) groups is 2. The van der Waals surface area contributed by atoms with Crippen molar-refractivity contribution in [1.29, 1.82) is 0 Å². The molecule has 1 aromatic heterocycles. The summed E-state index contributed by atoms with van der Waals surface area (Å²) in [6.07, 6.45) is 1.74. The van der Waals surface area contributed by atoms with Gasteiger partial charge in [-0.1, -0.05) is 18.2 Å². The Morgan fingerprint density at radius 3 is 2.38 bits per heavy atom. The van der Waals surface area contributed by atoms with Gasteiger partial charge in [0, 0.05) is 17.8 Å². The molecule has 2 fully saturated rings. The lowest BCUT2D eigenvalue weighted by Crippen LogP contribution is -2.41. The van der Waals surface area contributed by atoms with Crippen LogP contribution in [0.15, 0.2) is 72.9 Å². The van der Waals surface area contributed by atoms with Crippen LogP contribution < -0.4 is 20.5 Å². The largest absolute Gasteiger partial charge is 0.497 e. The lowest BCUT2D eigenvalue weighted by atomic mass is 9.85. The molecule has 0 aliphatic carbocycles. The van der Waals surface area contributed by atoms with Crippen molar-refractivity contribution in [2.45, 2.75) is 25.0 Å². The predicted molar refractivity (Wildman–Crippen MR) is 126 cm³/mol. The fourth-order valence-corrected chi connectivity index (χ4v) is 4.87. The molecule has 34 heavy (non-hydrogen) atoms. The van der Waals surface area contributed by atoms with Crippen LogP contribution in [-0.2, 0) is 9.53 Å². The number of hydrogen-bond acceptors (Lipinski definition) is 7. The van der Waals surface area contributed by atoms with E-state index < -0.39 is 6.04 Å². The van der Waals surface area contributed by atoms with E-state index in [4.69, 9.17) is 9.47 Å². The van der Waals surface area contributed by atoms with Crippen molar-refractivity contribution in [2.75, 3.05) is 18.6 Å². The second kappa shape index (κ2) is 9.24. The van der Waals surface area contributed by atoms with E-state index in [1.807, 2.05) is 42.5 Å². The Kier molecular flexibility index (Phi) is 6.00. The summed E-state index contributed by atoms with van der Waals surface area (Å²) in [6, 6.07) is 19.7. The third-order valence-corrected chi connectivity index (χ3v) is 6.43. The number of amides is 1. The fraction of sp³-hybridized carbons (Fsp3) is 0.269. The SMILES string of the molecule is CCOC(=O)c1ccc(N2C(=O)C3NNC(c4ccc(OC)cc4)C3C2c2ccccn2)cc1. The maximum Gasteiger partial charge on any atom is 0.338 e. The normalized spacial score (nSPS) is 23.6. The van der Waals surface area contributed by atoms with Crippen molar-refractivity contribution in [3.63, 3.8) is 0 Å². The molecular formula is C26H26N4O4. The van der Waals surface area contributed by atoms with Crippen molar-refractivity contribution in [3.05, 3.63) is 89.7 Å². The number of ether oxygens (including phenoxy) is 2. The van der Waals surface area contributed by atoms with Gasteiger partial charge in [-0.3, -0.25) is 9.78 Å². The van der Waals surface area contributed by atoms with E-state index in [0.29, 0.717) is 17.9 Å². The molecule has 2 N–H and O–H groups in total. The first-order valence-corrected chi connectivity index (χ1v) is 11.3. The molecule has 2 aromatic carbocycles. The summed E-state index contributed by atoms with van der Waals surface area (Å²) in [7, 11) is 1.64. The maximum atomic E-state index is 13.7. The monoisotopic (exact) mass is 458 g/mol. The molecule has 174 valence electrons. The number of nitrogens with one attached hydrogen (secondary N) is 2. The lowest BCUT2D eigenvalue weighted by Gasteiger charge is -2.30. The van der Waals surface area contributed by atoms with Crippen LogP contribution in [0.4, 0.5) is 5.69 Å². The van der Waals surface area contributed by atoms with Gasteiger partial charge in [0.1, 0.15) is 11.8 Å². The van der Waals surface area contributed by atoms with Crippen LogP contribution in [0, 0.1) is 5.92 Å². The first-order valence-electron chi connectivity index (χ1n) is 11.3. The number of anilines is 1. The van der Waals surface area contributed by atoms with Gasteiger partial charge in [0.15, 0.2) is 0 Å². The van der Waals surface area contributed by atoms with E-state index in [0.717, 1.165) is 17.0 Å². The molecule has 0 bridgehead atoms. The quantitative estimate of drug-likeness (QED) is 0.548. The third kappa shape index (κ3) is 3.81. The van der Waals surface area contributed by atoms with E-state index in [1.54, 1.807) is 49.4 Å². The average Bonchev–Trinajstić information content (AvgIpc) is 3.44. The number of carbonyl (C=O) groups excluding carboxylic acids is 2. The molecule has 2 aliphatic heterocycles. The zero-order valence-electron chi connectivity index (χ0n) is 19.0. The van der Waals surface area contributed by atoms with Gasteiger partial charge >= 0.3 is 5.97 Å². The van der Waals surface area contributed by atoms with Gasteiger partial charge in [-0.2, -0.15) is 0 Å². The topological polar surface area (TPSA) is 92.8 Å². The van der Waals surface area contributed by atoms with E-state index >= 15 is 0 Å². The molecule has 2 saturated heterocycles. The Balaban J connectivity index is 1.53. The van der Waals surface area contributed by atoms with E-state index in [-0.39, 0.29) is 29.9 Å². The summed E-state index contributed by atoms with van der Waals surface area (Å²) >= 11 is 0. The molecule has 5 rings (SSSR count). The molecule has 3 heterocycles. The summed E-state index contributed by atoms with van der Waals surface area (Å²) in [4.78, 5) is 32.1. The zero-order valence-corrected chi connectivity index (χ0v) is 19.0. The van der Waals surface area contributed by atoms with Gasteiger partial charge in [0.05, 0.1) is 37.1 Å². The third-order valence-electron chi connectivity index (χ3n) is 6.43. The number of hydrogen-bond donors (Lipinski definition) is 2. The smallest absolute Gasteiger partial charge is 0.338 e. The average molecular weight is 459 g/mol. The summed E-state index contributed by atoms with van der Waals surface area (Å²) < 4.78 is 10.4. The standard InChI is InChI=1S/C26H26N4O4/c1-3-34-26(32)17-7-11-18(12-8-17)30-24(20-6-4-5-15-27-20)21-22(28-29-23(21)25(30)31)16-9-13-19(33-2)14-10-16/h4-15,21-24,28-29H,3H2,1-2H3. The number of fused-ring (bicyclic) bond motifs is 1. The highest BCUT2D eigenvalue weighted by Crippen LogP contribution is 2.48. The Labute approximate surface area is 197 Å². The summed E-state index contributed by atoms with van der Waals surface area (Å²) in [5, 5.41) is 0. The van der Waals surface area contributed by atoms with Crippen LogP contribution in [0.1, 0.15) is 40.6 Å². The number of aromatic nitrogens is 1. The highest BCUT2D eigenvalue weighted by atomic mass is 16.5. The molecule has 1 amide bonds. The Morgan fingerprint density at radius 2 is 1.74 bits per heavy atom. The fourth-order valence-electron chi connectivity index (χ4n) is 4.87. The lowest BCUT2D eigenvalue weighted by molar-refractivity contribution is -0.119. The minimum atomic E-state index is -0.427. The molecule has 0 saturated carbocycles. The molecule has 0 spiro atoms. The number of hydrazine groups is 1. The van der Waals surface area contributed by atoms with Gasteiger partial charge in [0.25, 0.3) is 0 Å². The molecular weight excluding hydrogens is 432 g/mol. The number of methoxy groups -OCH3 is 1. The van der Waals surface area contributed by atoms with E-state index in [9.17, 15) is 9.59 Å². The van der Waals surface area contributed by atoms with Gasteiger partial charge in [-0.25, -0.2) is 15.6 Å². The molecule has 4 unspecified atom stereocenters. The van der Waals surface area contributed by atoms with Crippen LogP contribution in [0.3, 0.4) is 0 Å². The number of benzene rings is 2. The van der Waals surface area contributed by atoms with Gasteiger partial charge in [0.2, 0.25) is 5.91 Å². The Hall–Kier alpha value is -3.75. The van der Waals surface area contributed by atoms with Crippen LogP contribution in [0.2, 0.25) is 0 Å². The van der Waals surface area contributed by atoms with E-state index in [1.165, 1.54) is 0 Å². The molecule has 8 nitrogen and oxygen atoms in total. The van der Waals surface area contributed by atoms with E-state index in [2.05, 4.69) is 15.8 Å². The second-order valence-corrected chi connectivity index (χ2v) is 8.27. The van der Waals surface area contributed by atoms with Crippen LogP contribution >= 0.6 is 0 Å². The zero-order chi connectivity index (χ0) is 23.7. The number of esters is 1. The minimum absolute atomic E-state index is 0.0481. The van der Waals surface area contributed by atoms with Crippen molar-refractivity contribution < 1.29 is 19.1 Å². The summed E-state index contributed by atoms with van der Waals surface area (Å²) in [5.41, 5.74) is 9.55. The number of rotatable bonds is 6.